The van der Waals surface area contributed by atoms with Gasteiger partial charge in [-0.15, -0.1) is 0 Å². The van der Waals surface area contributed by atoms with E-state index in [1.165, 1.54) is 10.1 Å². The smallest absolute Gasteiger partial charge is 0.224 e. The highest BCUT2D eigenvalue weighted by molar-refractivity contribution is 7.13. The molecule has 7 nitrogen and oxygen atoms in total. The van der Waals surface area contributed by atoms with Gasteiger partial charge in [0.05, 0.1) is 4.70 Å². The summed E-state index contributed by atoms with van der Waals surface area (Å²) in [7, 11) is 0. The summed E-state index contributed by atoms with van der Waals surface area (Å²) in [5.74, 6) is 1.78. The van der Waals surface area contributed by atoms with E-state index in [4.69, 9.17) is 4.74 Å². The Morgan fingerprint density at radius 3 is 2.84 bits per heavy atom. The zero-order valence-electron chi connectivity index (χ0n) is 17.3. The molecule has 0 bridgehead atoms. The molecule has 1 fully saturated rings. The second-order valence-corrected chi connectivity index (χ2v) is 8.93. The first-order valence-electron chi connectivity index (χ1n) is 10.7. The number of aryl methyl sites for hydroxylation is 1. The number of hydrogen-bond donors (Lipinski definition) is 2. The molecule has 0 radical (unpaired) electrons. The lowest BCUT2D eigenvalue weighted by molar-refractivity contribution is -0.116. The Morgan fingerprint density at radius 2 is 1.97 bits per heavy atom. The van der Waals surface area contributed by atoms with Crippen molar-refractivity contribution < 1.29 is 14.6 Å². The number of aliphatic hydroxyl groups is 1. The molecule has 1 amide bonds. The molecule has 0 aliphatic carbocycles. The number of hydrogen-bond acceptors (Lipinski definition) is 7. The Kier molecular flexibility index (Phi) is 5.76. The van der Waals surface area contributed by atoms with E-state index in [-0.39, 0.29) is 12.5 Å². The van der Waals surface area contributed by atoms with E-state index in [0.717, 1.165) is 49.7 Å². The van der Waals surface area contributed by atoms with Crippen LogP contribution in [0, 0.1) is 0 Å². The zero-order chi connectivity index (χ0) is 21.2. The number of rotatable bonds is 6. The number of carbonyl (C=O) groups is 1. The molecule has 2 aromatic carbocycles. The summed E-state index contributed by atoms with van der Waals surface area (Å²) < 4.78 is 11.7. The molecule has 1 aromatic heterocycles. The molecule has 1 unspecified atom stereocenters. The number of amides is 1. The molecule has 2 aliphatic rings. The minimum absolute atomic E-state index is 0.0366. The largest absolute Gasteiger partial charge is 0.491 e. The van der Waals surface area contributed by atoms with Crippen molar-refractivity contribution in [3.8, 4) is 5.75 Å². The number of β-amino-alcohol motifs (C(OH)–C–C–N with tert-alkyl or cyclic N) is 1. The number of benzene rings is 2. The van der Waals surface area contributed by atoms with Gasteiger partial charge in [0.25, 0.3) is 0 Å². The summed E-state index contributed by atoms with van der Waals surface area (Å²) in [4.78, 5) is 16.2. The Balaban J connectivity index is 1.11. The summed E-state index contributed by atoms with van der Waals surface area (Å²) >= 11 is 1.55. The van der Waals surface area contributed by atoms with Crippen LogP contribution in [0.15, 0.2) is 42.5 Å². The van der Waals surface area contributed by atoms with Crippen LogP contribution in [0.3, 0.4) is 0 Å². The summed E-state index contributed by atoms with van der Waals surface area (Å²) in [5, 5.41) is 14.6. The highest BCUT2D eigenvalue weighted by Gasteiger charge is 2.22. The molecule has 0 spiro atoms. The van der Waals surface area contributed by atoms with Crippen molar-refractivity contribution in [1.29, 1.82) is 0 Å². The first kappa shape index (κ1) is 20.2. The third-order valence-electron chi connectivity index (χ3n) is 5.92. The van der Waals surface area contributed by atoms with Crippen molar-refractivity contribution >= 4 is 39.0 Å². The molecular weight excluding hydrogens is 412 g/mol. The predicted octanol–water partition coefficient (Wildman–Crippen LogP) is 2.74. The maximum atomic E-state index is 11.6. The molecule has 162 valence electrons. The van der Waals surface area contributed by atoms with Gasteiger partial charge < -0.3 is 20.1 Å². The third kappa shape index (κ3) is 4.51. The number of nitrogens with one attached hydrogen (secondary N) is 1. The molecule has 8 heteroatoms. The van der Waals surface area contributed by atoms with Gasteiger partial charge in [0.15, 0.2) is 0 Å². The zero-order valence-corrected chi connectivity index (χ0v) is 18.1. The summed E-state index contributed by atoms with van der Waals surface area (Å²) in [6.45, 7) is 4.36. The lowest BCUT2D eigenvalue weighted by Gasteiger charge is -2.35. The maximum Gasteiger partial charge on any atom is 0.224 e. The van der Waals surface area contributed by atoms with Gasteiger partial charge >= 0.3 is 0 Å². The molecule has 3 aromatic rings. The Labute approximate surface area is 185 Å². The lowest BCUT2D eigenvalue weighted by Crippen LogP contribution is -2.49. The van der Waals surface area contributed by atoms with Crippen LogP contribution in [0.4, 0.5) is 11.5 Å². The lowest BCUT2D eigenvalue weighted by atomic mass is 10.0. The van der Waals surface area contributed by atoms with Crippen LogP contribution in [0.25, 0.3) is 10.1 Å². The first-order chi connectivity index (χ1) is 15.2. The monoisotopic (exact) mass is 438 g/mol. The normalized spacial score (nSPS) is 18.0. The summed E-state index contributed by atoms with van der Waals surface area (Å²) in [6.07, 6.45) is 0.710. The van der Waals surface area contributed by atoms with E-state index in [1.54, 1.807) is 11.5 Å². The second kappa shape index (κ2) is 8.82. The number of anilines is 2. The van der Waals surface area contributed by atoms with Crippen molar-refractivity contribution in [2.75, 3.05) is 49.5 Å². The van der Waals surface area contributed by atoms with E-state index in [9.17, 15) is 9.90 Å². The van der Waals surface area contributed by atoms with Gasteiger partial charge in [0.2, 0.25) is 5.91 Å². The SMILES string of the molecule is O=C1CCc2ccc(OCC(O)CN3CCN(c4nsc5ccccc45)CC3)cc2N1. The Hall–Kier alpha value is -2.68. The van der Waals surface area contributed by atoms with E-state index < -0.39 is 6.10 Å². The number of ether oxygens (including phenoxy) is 1. The number of fused-ring (bicyclic) bond motifs is 2. The fourth-order valence-corrected chi connectivity index (χ4v) is 5.02. The Bertz CT molecular complexity index is 1080. The van der Waals surface area contributed by atoms with E-state index in [2.05, 4.69) is 37.7 Å². The van der Waals surface area contributed by atoms with Crippen molar-refractivity contribution in [3.63, 3.8) is 0 Å². The number of piperazine rings is 1. The number of aromatic nitrogens is 1. The molecule has 2 N–H and O–H groups in total. The summed E-state index contributed by atoms with van der Waals surface area (Å²) in [5.41, 5.74) is 1.94. The van der Waals surface area contributed by atoms with Crippen LogP contribution >= 0.6 is 11.5 Å². The van der Waals surface area contributed by atoms with Crippen molar-refractivity contribution in [1.82, 2.24) is 9.27 Å². The molecule has 31 heavy (non-hydrogen) atoms. The highest BCUT2D eigenvalue weighted by Crippen LogP contribution is 2.30. The van der Waals surface area contributed by atoms with Crippen molar-refractivity contribution in [2.24, 2.45) is 0 Å². The van der Waals surface area contributed by atoms with E-state index in [1.807, 2.05) is 24.3 Å². The van der Waals surface area contributed by atoms with Crippen LogP contribution in [0.5, 0.6) is 5.75 Å². The predicted molar refractivity (Wildman–Crippen MR) is 123 cm³/mol. The minimum atomic E-state index is -0.572. The molecule has 1 saturated heterocycles. The van der Waals surface area contributed by atoms with Gasteiger partial charge in [-0.1, -0.05) is 18.2 Å². The van der Waals surface area contributed by atoms with Crippen molar-refractivity contribution in [3.05, 3.63) is 48.0 Å². The van der Waals surface area contributed by atoms with E-state index in [0.29, 0.717) is 18.7 Å². The van der Waals surface area contributed by atoms with Gasteiger partial charge in [0.1, 0.15) is 24.3 Å². The molecular formula is C23H26N4O3S. The highest BCUT2D eigenvalue weighted by atomic mass is 32.1. The van der Waals surface area contributed by atoms with Crippen molar-refractivity contribution in [2.45, 2.75) is 18.9 Å². The van der Waals surface area contributed by atoms with Gasteiger partial charge in [-0.2, -0.15) is 4.37 Å². The second-order valence-electron chi connectivity index (χ2n) is 8.12. The average molecular weight is 439 g/mol. The van der Waals surface area contributed by atoms with Gasteiger partial charge in [-0.3, -0.25) is 9.69 Å². The first-order valence-corrected chi connectivity index (χ1v) is 11.5. The van der Waals surface area contributed by atoms with Crippen LogP contribution in [0.1, 0.15) is 12.0 Å². The van der Waals surface area contributed by atoms with Gasteiger partial charge in [-0.25, -0.2) is 0 Å². The van der Waals surface area contributed by atoms with Gasteiger partial charge in [-0.05, 0) is 41.7 Å². The topological polar surface area (TPSA) is 77.9 Å². The Morgan fingerprint density at radius 1 is 1.13 bits per heavy atom. The molecule has 0 saturated carbocycles. The van der Waals surface area contributed by atoms with Crippen LogP contribution in [-0.2, 0) is 11.2 Å². The number of aliphatic hydroxyl groups excluding tert-OH is 1. The fraction of sp³-hybridized carbons (Fsp3) is 0.391. The van der Waals surface area contributed by atoms with Crippen LogP contribution < -0.4 is 15.0 Å². The molecule has 2 aliphatic heterocycles. The van der Waals surface area contributed by atoms with E-state index >= 15 is 0 Å². The maximum absolute atomic E-state index is 11.6. The number of carbonyl (C=O) groups excluding carboxylic acids is 1. The minimum Gasteiger partial charge on any atom is -0.491 e. The fourth-order valence-electron chi connectivity index (χ4n) is 4.23. The quantitative estimate of drug-likeness (QED) is 0.616. The average Bonchev–Trinajstić information content (AvgIpc) is 3.22. The van der Waals surface area contributed by atoms with Crippen LogP contribution in [0.2, 0.25) is 0 Å². The standard InChI is InChI=1S/C23H26N4O3S/c28-17(15-30-18-7-5-16-6-8-22(29)24-20(16)13-18)14-26-9-11-27(12-10-26)23-19-3-1-2-4-21(19)31-25-23/h1-5,7,13,17,28H,6,8-12,14-15H2,(H,24,29). The summed E-state index contributed by atoms with van der Waals surface area (Å²) in [6, 6.07) is 14.1. The third-order valence-corrected chi connectivity index (χ3v) is 6.74. The molecule has 3 heterocycles. The molecule has 1 atom stereocenters. The molecule has 5 rings (SSSR count). The van der Waals surface area contributed by atoms with Crippen LogP contribution in [-0.4, -0.2) is 65.7 Å². The van der Waals surface area contributed by atoms with Gasteiger partial charge in [0, 0.05) is 56.3 Å². The number of nitrogens with zero attached hydrogens (tertiary/aromatic N) is 3.